The van der Waals surface area contributed by atoms with E-state index in [1.54, 1.807) is 6.20 Å². The summed E-state index contributed by atoms with van der Waals surface area (Å²) >= 11 is 0. The lowest BCUT2D eigenvalue weighted by Gasteiger charge is -2.00. The minimum Gasteiger partial charge on any atom is -0.395 e. The Labute approximate surface area is 59.7 Å². The number of rotatable bonds is 3. The van der Waals surface area contributed by atoms with E-state index in [0.717, 1.165) is 5.82 Å². The number of aromatic nitrogens is 1. The third-order valence-electron chi connectivity index (χ3n) is 1.08. The quantitative estimate of drug-likeness (QED) is 0.638. The molecule has 0 radical (unpaired) electrons. The second-order valence-corrected chi connectivity index (χ2v) is 1.87. The molecule has 0 aliphatic heterocycles. The monoisotopic (exact) mass is 138 g/mol. The Morgan fingerprint density at radius 3 is 3.00 bits per heavy atom. The standard InChI is InChI=1S/C7H10N2O/c10-6-5-9-7-3-1-2-4-8-7/h1-4,10H,5-6H2,(H,8,9). The summed E-state index contributed by atoms with van der Waals surface area (Å²) in [4.78, 5) is 3.99. The first-order chi connectivity index (χ1) is 4.93. The van der Waals surface area contributed by atoms with E-state index in [-0.39, 0.29) is 6.61 Å². The molecule has 0 unspecified atom stereocenters. The molecule has 1 rings (SSSR count). The Kier molecular flexibility index (Phi) is 2.70. The van der Waals surface area contributed by atoms with Crippen molar-refractivity contribution in [3.8, 4) is 0 Å². The number of pyridine rings is 1. The van der Waals surface area contributed by atoms with Crippen molar-refractivity contribution in [2.75, 3.05) is 18.5 Å². The third kappa shape index (κ3) is 2.03. The first kappa shape index (κ1) is 7.02. The van der Waals surface area contributed by atoms with Gasteiger partial charge in [0.15, 0.2) is 0 Å². The van der Waals surface area contributed by atoms with E-state index in [2.05, 4.69) is 10.3 Å². The van der Waals surface area contributed by atoms with Gasteiger partial charge in [0, 0.05) is 12.7 Å². The first-order valence-electron chi connectivity index (χ1n) is 3.19. The SMILES string of the molecule is OCCNc1ccccn1. The summed E-state index contributed by atoms with van der Waals surface area (Å²) in [7, 11) is 0. The number of hydrogen-bond donors (Lipinski definition) is 2. The van der Waals surface area contributed by atoms with Crippen LogP contribution < -0.4 is 5.32 Å². The second-order valence-electron chi connectivity index (χ2n) is 1.87. The van der Waals surface area contributed by atoms with Gasteiger partial charge in [-0.3, -0.25) is 0 Å². The van der Waals surface area contributed by atoms with E-state index in [4.69, 9.17) is 5.11 Å². The summed E-state index contributed by atoms with van der Waals surface area (Å²) in [5, 5.41) is 11.4. The molecule has 10 heavy (non-hydrogen) atoms. The van der Waals surface area contributed by atoms with Gasteiger partial charge in [0.1, 0.15) is 5.82 Å². The molecule has 1 heterocycles. The topological polar surface area (TPSA) is 45.1 Å². The molecule has 0 amide bonds. The fourth-order valence-electron chi connectivity index (χ4n) is 0.651. The van der Waals surface area contributed by atoms with Gasteiger partial charge >= 0.3 is 0 Å². The van der Waals surface area contributed by atoms with E-state index >= 15 is 0 Å². The molecule has 2 N–H and O–H groups in total. The number of nitrogens with zero attached hydrogens (tertiary/aromatic N) is 1. The van der Waals surface area contributed by atoms with E-state index in [0.29, 0.717) is 6.54 Å². The molecule has 1 aromatic rings. The van der Waals surface area contributed by atoms with Crippen LogP contribution in [0, 0.1) is 0 Å². The van der Waals surface area contributed by atoms with Crippen molar-refractivity contribution in [3.05, 3.63) is 24.4 Å². The van der Waals surface area contributed by atoms with E-state index in [9.17, 15) is 0 Å². The number of aliphatic hydroxyl groups excluding tert-OH is 1. The van der Waals surface area contributed by atoms with Gasteiger partial charge in [-0.15, -0.1) is 0 Å². The zero-order valence-corrected chi connectivity index (χ0v) is 5.62. The highest BCUT2D eigenvalue weighted by Crippen LogP contribution is 1.97. The van der Waals surface area contributed by atoms with Crippen LogP contribution in [-0.4, -0.2) is 23.2 Å². The lowest BCUT2D eigenvalue weighted by atomic mass is 10.4. The van der Waals surface area contributed by atoms with Crippen LogP contribution in [0.15, 0.2) is 24.4 Å². The van der Waals surface area contributed by atoms with Crippen LogP contribution in [0.4, 0.5) is 5.82 Å². The molecule has 0 bridgehead atoms. The number of anilines is 1. The Bertz CT molecular complexity index is 176. The van der Waals surface area contributed by atoms with Crippen molar-refractivity contribution >= 4 is 5.82 Å². The number of aliphatic hydroxyl groups is 1. The van der Waals surface area contributed by atoms with Gasteiger partial charge in [-0.2, -0.15) is 0 Å². The Hall–Kier alpha value is -1.09. The highest BCUT2D eigenvalue weighted by molar-refractivity contribution is 5.32. The Balaban J connectivity index is 2.43. The zero-order valence-electron chi connectivity index (χ0n) is 5.62. The molecule has 0 saturated heterocycles. The molecule has 0 aliphatic rings. The minimum absolute atomic E-state index is 0.135. The number of nitrogens with one attached hydrogen (secondary N) is 1. The summed E-state index contributed by atoms with van der Waals surface area (Å²) in [6.07, 6.45) is 1.71. The van der Waals surface area contributed by atoms with Crippen LogP contribution in [-0.2, 0) is 0 Å². The van der Waals surface area contributed by atoms with Crippen molar-refractivity contribution in [2.45, 2.75) is 0 Å². The van der Waals surface area contributed by atoms with Crippen LogP contribution in [0.3, 0.4) is 0 Å². The van der Waals surface area contributed by atoms with Crippen molar-refractivity contribution in [1.82, 2.24) is 4.98 Å². The molecule has 0 fully saturated rings. The summed E-state index contributed by atoms with van der Waals surface area (Å²) in [6.45, 7) is 0.688. The van der Waals surface area contributed by atoms with Crippen molar-refractivity contribution in [2.24, 2.45) is 0 Å². The Morgan fingerprint density at radius 1 is 1.50 bits per heavy atom. The predicted octanol–water partition coefficient (Wildman–Crippen LogP) is 0.486. The van der Waals surface area contributed by atoms with Crippen LogP contribution in [0.2, 0.25) is 0 Å². The maximum Gasteiger partial charge on any atom is 0.125 e. The van der Waals surface area contributed by atoms with Crippen molar-refractivity contribution in [1.29, 1.82) is 0 Å². The van der Waals surface area contributed by atoms with Crippen molar-refractivity contribution < 1.29 is 5.11 Å². The fraction of sp³-hybridized carbons (Fsp3) is 0.286. The largest absolute Gasteiger partial charge is 0.395 e. The fourth-order valence-corrected chi connectivity index (χ4v) is 0.651. The number of hydrogen-bond acceptors (Lipinski definition) is 3. The van der Waals surface area contributed by atoms with Crippen LogP contribution in [0.5, 0.6) is 0 Å². The van der Waals surface area contributed by atoms with Gasteiger partial charge in [-0.05, 0) is 12.1 Å². The lowest BCUT2D eigenvalue weighted by Crippen LogP contribution is -2.06. The van der Waals surface area contributed by atoms with Crippen LogP contribution in [0.25, 0.3) is 0 Å². The Morgan fingerprint density at radius 2 is 2.40 bits per heavy atom. The molecule has 0 aliphatic carbocycles. The smallest absolute Gasteiger partial charge is 0.125 e. The molecular formula is C7H10N2O. The maximum atomic E-state index is 8.44. The van der Waals surface area contributed by atoms with Gasteiger partial charge in [0.25, 0.3) is 0 Å². The maximum absolute atomic E-state index is 8.44. The normalized spacial score (nSPS) is 9.30. The van der Waals surface area contributed by atoms with Crippen LogP contribution >= 0.6 is 0 Å². The molecule has 0 saturated carbocycles. The summed E-state index contributed by atoms with van der Waals surface area (Å²) < 4.78 is 0. The molecule has 3 heteroatoms. The third-order valence-corrected chi connectivity index (χ3v) is 1.08. The molecule has 0 atom stereocenters. The predicted molar refractivity (Wildman–Crippen MR) is 39.8 cm³/mol. The van der Waals surface area contributed by atoms with Crippen molar-refractivity contribution in [3.63, 3.8) is 0 Å². The minimum atomic E-state index is 0.135. The molecule has 0 aromatic carbocycles. The average molecular weight is 138 g/mol. The van der Waals surface area contributed by atoms with E-state index < -0.39 is 0 Å². The molecular weight excluding hydrogens is 128 g/mol. The average Bonchev–Trinajstić information content (AvgIpc) is 2.03. The van der Waals surface area contributed by atoms with Gasteiger partial charge in [0.05, 0.1) is 6.61 Å². The highest BCUT2D eigenvalue weighted by Gasteiger charge is 1.86. The summed E-state index contributed by atoms with van der Waals surface area (Å²) in [6, 6.07) is 5.60. The molecule has 0 spiro atoms. The molecule has 1 aromatic heterocycles. The van der Waals surface area contributed by atoms with Gasteiger partial charge < -0.3 is 10.4 Å². The lowest BCUT2D eigenvalue weighted by molar-refractivity contribution is 0.311. The summed E-state index contributed by atoms with van der Waals surface area (Å²) in [5.41, 5.74) is 0. The van der Waals surface area contributed by atoms with E-state index in [1.165, 1.54) is 0 Å². The molecule has 54 valence electrons. The zero-order chi connectivity index (χ0) is 7.23. The molecule has 3 nitrogen and oxygen atoms in total. The summed E-state index contributed by atoms with van der Waals surface area (Å²) in [5.74, 6) is 0.802. The van der Waals surface area contributed by atoms with Gasteiger partial charge in [0.2, 0.25) is 0 Å². The second kappa shape index (κ2) is 3.85. The van der Waals surface area contributed by atoms with Crippen LogP contribution in [0.1, 0.15) is 0 Å². The van der Waals surface area contributed by atoms with Gasteiger partial charge in [-0.1, -0.05) is 6.07 Å². The van der Waals surface area contributed by atoms with E-state index in [1.807, 2.05) is 18.2 Å². The first-order valence-corrected chi connectivity index (χ1v) is 3.19. The highest BCUT2D eigenvalue weighted by atomic mass is 16.3. The van der Waals surface area contributed by atoms with Gasteiger partial charge in [-0.25, -0.2) is 4.98 Å².